The summed E-state index contributed by atoms with van der Waals surface area (Å²) < 4.78 is 0. The number of rotatable bonds is 3. The molecule has 3 heteroatoms. The predicted octanol–water partition coefficient (Wildman–Crippen LogP) is 1.23. The van der Waals surface area contributed by atoms with Crippen LogP contribution in [0.25, 0.3) is 0 Å². The highest BCUT2D eigenvalue weighted by atomic mass is 16.4. The van der Waals surface area contributed by atoms with E-state index in [-0.39, 0.29) is 11.8 Å². The van der Waals surface area contributed by atoms with E-state index in [0.29, 0.717) is 12.5 Å². The number of hydrogen-bond donors (Lipinski definition) is 2. The SMILES string of the molecule is NC[C@@]1(CC(=O)O)CC2CCCC21. The van der Waals surface area contributed by atoms with Crippen LogP contribution in [-0.4, -0.2) is 17.6 Å². The summed E-state index contributed by atoms with van der Waals surface area (Å²) >= 11 is 0. The van der Waals surface area contributed by atoms with Gasteiger partial charge in [-0.25, -0.2) is 0 Å². The topological polar surface area (TPSA) is 63.3 Å². The summed E-state index contributed by atoms with van der Waals surface area (Å²) in [6, 6.07) is 0. The fraction of sp³-hybridized carbons (Fsp3) is 0.900. The van der Waals surface area contributed by atoms with Gasteiger partial charge in [-0.1, -0.05) is 12.8 Å². The molecule has 2 saturated carbocycles. The average molecular weight is 183 g/mol. The summed E-state index contributed by atoms with van der Waals surface area (Å²) in [5, 5.41) is 8.81. The minimum Gasteiger partial charge on any atom is -0.481 e. The Hall–Kier alpha value is -0.570. The Morgan fingerprint density at radius 2 is 2.31 bits per heavy atom. The van der Waals surface area contributed by atoms with Crippen molar-refractivity contribution in [1.29, 1.82) is 0 Å². The zero-order valence-electron chi connectivity index (χ0n) is 7.83. The lowest BCUT2D eigenvalue weighted by Crippen LogP contribution is -2.51. The fourth-order valence-corrected chi connectivity index (χ4v) is 3.41. The van der Waals surface area contributed by atoms with Gasteiger partial charge in [0.25, 0.3) is 0 Å². The minimum absolute atomic E-state index is 0.0347. The van der Waals surface area contributed by atoms with Crippen LogP contribution >= 0.6 is 0 Å². The van der Waals surface area contributed by atoms with E-state index in [2.05, 4.69) is 0 Å². The highest BCUT2D eigenvalue weighted by Crippen LogP contribution is 2.60. The van der Waals surface area contributed by atoms with Crippen LogP contribution in [0.15, 0.2) is 0 Å². The van der Waals surface area contributed by atoms with Crippen molar-refractivity contribution in [2.45, 2.75) is 32.1 Å². The first-order chi connectivity index (χ1) is 6.18. The summed E-state index contributed by atoms with van der Waals surface area (Å²) in [6.07, 6.45) is 5.11. The second-order valence-electron chi connectivity index (χ2n) is 4.64. The van der Waals surface area contributed by atoms with Crippen molar-refractivity contribution < 1.29 is 9.90 Å². The number of carboxylic acids is 1. The van der Waals surface area contributed by atoms with E-state index in [1.165, 1.54) is 19.3 Å². The largest absolute Gasteiger partial charge is 0.481 e. The van der Waals surface area contributed by atoms with Crippen LogP contribution in [0, 0.1) is 17.3 Å². The Balaban J connectivity index is 2.05. The maximum atomic E-state index is 10.7. The molecule has 2 fully saturated rings. The monoisotopic (exact) mass is 183 g/mol. The van der Waals surface area contributed by atoms with Crippen molar-refractivity contribution in [3.05, 3.63) is 0 Å². The summed E-state index contributed by atoms with van der Waals surface area (Å²) in [5.74, 6) is 0.729. The molecule has 0 aromatic rings. The zero-order valence-corrected chi connectivity index (χ0v) is 7.83. The smallest absolute Gasteiger partial charge is 0.303 e. The molecule has 0 amide bonds. The summed E-state index contributed by atoms with van der Waals surface area (Å²) in [6.45, 7) is 0.556. The number of aliphatic carboxylic acids is 1. The molecule has 2 rings (SSSR count). The number of fused-ring (bicyclic) bond motifs is 1. The minimum atomic E-state index is -0.684. The van der Waals surface area contributed by atoms with Gasteiger partial charge in [-0.15, -0.1) is 0 Å². The summed E-state index contributed by atoms with van der Waals surface area (Å²) in [7, 11) is 0. The molecule has 0 aliphatic heterocycles. The molecule has 0 spiro atoms. The molecule has 2 aliphatic carbocycles. The van der Waals surface area contributed by atoms with Crippen LogP contribution in [0.1, 0.15) is 32.1 Å². The first-order valence-electron chi connectivity index (χ1n) is 5.10. The number of hydrogen-bond acceptors (Lipinski definition) is 2. The van der Waals surface area contributed by atoms with Gasteiger partial charge >= 0.3 is 5.97 Å². The third-order valence-corrected chi connectivity index (χ3v) is 4.02. The van der Waals surface area contributed by atoms with E-state index in [0.717, 1.165) is 12.3 Å². The molecule has 0 aromatic heterocycles. The molecule has 3 atom stereocenters. The van der Waals surface area contributed by atoms with Gasteiger partial charge in [-0.2, -0.15) is 0 Å². The van der Waals surface area contributed by atoms with Gasteiger partial charge in [0.1, 0.15) is 0 Å². The molecule has 2 aliphatic rings. The normalized spacial score (nSPS) is 42.5. The highest BCUT2D eigenvalue weighted by molar-refractivity contribution is 5.68. The molecule has 13 heavy (non-hydrogen) atoms. The third kappa shape index (κ3) is 1.26. The van der Waals surface area contributed by atoms with Crippen LogP contribution in [-0.2, 0) is 4.79 Å². The summed E-state index contributed by atoms with van der Waals surface area (Å²) in [4.78, 5) is 10.7. The van der Waals surface area contributed by atoms with Crippen molar-refractivity contribution >= 4 is 5.97 Å². The number of carbonyl (C=O) groups is 1. The van der Waals surface area contributed by atoms with Gasteiger partial charge in [0.2, 0.25) is 0 Å². The zero-order chi connectivity index (χ0) is 9.47. The lowest BCUT2D eigenvalue weighted by molar-refractivity contribution is -0.145. The Morgan fingerprint density at radius 1 is 1.54 bits per heavy atom. The van der Waals surface area contributed by atoms with Gasteiger partial charge in [0, 0.05) is 0 Å². The Kier molecular flexibility index (Phi) is 2.06. The Bertz CT molecular complexity index is 229. The molecule has 0 bridgehead atoms. The van der Waals surface area contributed by atoms with E-state index in [1.54, 1.807) is 0 Å². The maximum Gasteiger partial charge on any atom is 0.303 e. The van der Waals surface area contributed by atoms with Crippen molar-refractivity contribution in [3.8, 4) is 0 Å². The van der Waals surface area contributed by atoms with E-state index in [1.807, 2.05) is 0 Å². The molecule has 3 N–H and O–H groups in total. The third-order valence-electron chi connectivity index (χ3n) is 4.02. The highest BCUT2D eigenvalue weighted by Gasteiger charge is 2.55. The number of carboxylic acid groups (broad SMARTS) is 1. The van der Waals surface area contributed by atoms with Gasteiger partial charge in [0.05, 0.1) is 6.42 Å². The van der Waals surface area contributed by atoms with Crippen molar-refractivity contribution in [1.82, 2.24) is 0 Å². The van der Waals surface area contributed by atoms with Crippen LogP contribution in [0.5, 0.6) is 0 Å². The van der Waals surface area contributed by atoms with Crippen LogP contribution in [0.4, 0.5) is 0 Å². The molecule has 0 aromatic carbocycles. The van der Waals surface area contributed by atoms with Gasteiger partial charge in [0.15, 0.2) is 0 Å². The van der Waals surface area contributed by atoms with Crippen molar-refractivity contribution in [3.63, 3.8) is 0 Å². The lowest BCUT2D eigenvalue weighted by Gasteiger charge is -2.51. The molecule has 74 valence electrons. The van der Waals surface area contributed by atoms with E-state index in [4.69, 9.17) is 10.8 Å². The fourth-order valence-electron chi connectivity index (χ4n) is 3.41. The van der Waals surface area contributed by atoms with Crippen molar-refractivity contribution in [2.24, 2.45) is 23.0 Å². The quantitative estimate of drug-likeness (QED) is 0.691. The molecular formula is C10H17NO2. The van der Waals surface area contributed by atoms with Gasteiger partial charge in [-0.05, 0) is 36.6 Å². The van der Waals surface area contributed by atoms with Crippen LogP contribution in [0.2, 0.25) is 0 Å². The van der Waals surface area contributed by atoms with Gasteiger partial charge < -0.3 is 10.8 Å². The maximum absolute atomic E-state index is 10.7. The second kappa shape index (κ2) is 2.98. The molecule has 0 heterocycles. The van der Waals surface area contributed by atoms with E-state index >= 15 is 0 Å². The first-order valence-corrected chi connectivity index (χ1v) is 5.10. The first kappa shape index (κ1) is 9.00. The standard InChI is InChI=1S/C10H17NO2/c11-6-10(5-9(12)13)4-7-2-1-3-8(7)10/h7-8H,1-6,11H2,(H,12,13)/t7?,8?,10-/m0/s1. The lowest BCUT2D eigenvalue weighted by atomic mass is 9.53. The second-order valence-corrected chi connectivity index (χ2v) is 4.64. The van der Waals surface area contributed by atoms with Crippen LogP contribution < -0.4 is 5.73 Å². The molecule has 2 unspecified atom stereocenters. The Morgan fingerprint density at radius 3 is 2.85 bits per heavy atom. The molecule has 0 saturated heterocycles. The average Bonchev–Trinajstić information content (AvgIpc) is 2.43. The molecule has 3 nitrogen and oxygen atoms in total. The van der Waals surface area contributed by atoms with Crippen molar-refractivity contribution in [2.75, 3.05) is 6.54 Å². The van der Waals surface area contributed by atoms with E-state index in [9.17, 15) is 4.79 Å². The molecular weight excluding hydrogens is 166 g/mol. The predicted molar refractivity (Wildman–Crippen MR) is 49.2 cm³/mol. The van der Waals surface area contributed by atoms with Gasteiger partial charge in [-0.3, -0.25) is 4.79 Å². The molecule has 0 radical (unpaired) electrons. The van der Waals surface area contributed by atoms with E-state index < -0.39 is 5.97 Å². The van der Waals surface area contributed by atoms with Crippen LogP contribution in [0.3, 0.4) is 0 Å². The number of nitrogens with two attached hydrogens (primary N) is 1. The summed E-state index contributed by atoms with van der Waals surface area (Å²) in [5.41, 5.74) is 5.68. The Labute approximate surface area is 78.3 Å².